The Labute approximate surface area is 146 Å². The molecule has 0 aliphatic carbocycles. The van der Waals surface area contributed by atoms with E-state index < -0.39 is 0 Å². The number of halogens is 1. The van der Waals surface area contributed by atoms with Crippen molar-refractivity contribution in [3.05, 3.63) is 0 Å². The summed E-state index contributed by atoms with van der Waals surface area (Å²) in [6, 6.07) is 0. The highest BCUT2D eigenvalue weighted by atomic mass is 127. The monoisotopic (exact) mass is 409 g/mol. The molecule has 4 nitrogen and oxygen atoms in total. The van der Waals surface area contributed by atoms with Gasteiger partial charge in [0.05, 0.1) is 6.10 Å². The van der Waals surface area contributed by atoms with Crippen LogP contribution in [0.5, 0.6) is 0 Å². The number of hydrogen-bond donors (Lipinski definition) is 1. The topological polar surface area (TPSA) is 50.9 Å². The van der Waals surface area contributed by atoms with Crippen molar-refractivity contribution in [2.24, 2.45) is 22.1 Å². The van der Waals surface area contributed by atoms with Crippen molar-refractivity contribution in [2.45, 2.75) is 59.0 Å². The molecule has 0 radical (unpaired) electrons. The molecular weight excluding hydrogens is 377 g/mol. The van der Waals surface area contributed by atoms with Gasteiger partial charge in [-0.05, 0) is 37.5 Å². The van der Waals surface area contributed by atoms with Gasteiger partial charge in [0.15, 0.2) is 5.96 Å². The zero-order valence-corrected chi connectivity index (χ0v) is 16.1. The largest absolute Gasteiger partial charge is 0.377 e. The number of likely N-dealkylation sites (tertiary alicyclic amines) is 1. The summed E-state index contributed by atoms with van der Waals surface area (Å²) in [5.74, 6) is 1.25. The number of nitrogens with two attached hydrogens (primary N) is 1. The molecular formula is C16H32IN3O. The maximum Gasteiger partial charge on any atom is 0.191 e. The quantitative estimate of drug-likeness (QED) is 0.433. The molecule has 2 N–H and O–H groups in total. The van der Waals surface area contributed by atoms with Crippen LogP contribution in [0.2, 0.25) is 0 Å². The highest BCUT2D eigenvalue weighted by Crippen LogP contribution is 2.34. The molecule has 0 aromatic heterocycles. The summed E-state index contributed by atoms with van der Waals surface area (Å²) in [7, 11) is 0. The molecule has 2 fully saturated rings. The zero-order chi connectivity index (χ0) is 14.6. The zero-order valence-electron chi connectivity index (χ0n) is 13.8. The van der Waals surface area contributed by atoms with E-state index in [1.165, 1.54) is 25.7 Å². The summed E-state index contributed by atoms with van der Waals surface area (Å²) in [6.45, 7) is 10.6. The van der Waals surface area contributed by atoms with E-state index in [-0.39, 0.29) is 29.4 Å². The molecule has 0 aromatic rings. The van der Waals surface area contributed by atoms with Gasteiger partial charge in [0, 0.05) is 32.2 Å². The average molecular weight is 409 g/mol. The Balaban J connectivity index is 0.00000220. The fraction of sp³-hybridized carbons (Fsp3) is 0.938. The minimum absolute atomic E-state index is 0. The molecule has 0 aromatic carbocycles. The van der Waals surface area contributed by atoms with E-state index in [9.17, 15) is 0 Å². The van der Waals surface area contributed by atoms with E-state index in [2.05, 4.69) is 30.7 Å². The van der Waals surface area contributed by atoms with Crippen LogP contribution in [0.4, 0.5) is 0 Å². The van der Waals surface area contributed by atoms with Gasteiger partial charge in [0.2, 0.25) is 0 Å². The van der Waals surface area contributed by atoms with Gasteiger partial charge in [-0.3, -0.25) is 4.99 Å². The van der Waals surface area contributed by atoms with Gasteiger partial charge >= 0.3 is 0 Å². The molecule has 0 bridgehead atoms. The Morgan fingerprint density at radius 1 is 1.19 bits per heavy atom. The van der Waals surface area contributed by atoms with Crippen LogP contribution in [0.15, 0.2) is 4.99 Å². The highest BCUT2D eigenvalue weighted by molar-refractivity contribution is 14.0. The number of hydrogen-bond acceptors (Lipinski definition) is 2. The lowest BCUT2D eigenvalue weighted by molar-refractivity contribution is -0.0824. The van der Waals surface area contributed by atoms with Crippen LogP contribution in [0.3, 0.4) is 0 Å². The second-order valence-electron chi connectivity index (χ2n) is 7.31. The van der Waals surface area contributed by atoms with Gasteiger partial charge in [-0.2, -0.15) is 0 Å². The maximum absolute atomic E-state index is 6.16. The minimum atomic E-state index is 0. The van der Waals surface area contributed by atoms with Crippen molar-refractivity contribution in [1.29, 1.82) is 0 Å². The standard InChI is InChI=1S/C16H31N3O.HI/c1-16(2,3)14-13(8-7-11-20-14)12-18-15(17)19-9-5-4-6-10-19;/h13-14H,4-12H2,1-3H3,(H2,17,18);1H. The van der Waals surface area contributed by atoms with Crippen molar-refractivity contribution in [2.75, 3.05) is 26.2 Å². The van der Waals surface area contributed by atoms with Crippen LogP contribution >= 0.6 is 24.0 Å². The lowest BCUT2D eigenvalue weighted by atomic mass is 9.78. The average Bonchev–Trinajstić information content (AvgIpc) is 2.45. The first kappa shape index (κ1) is 19.0. The summed E-state index contributed by atoms with van der Waals surface area (Å²) in [5, 5.41) is 0. The van der Waals surface area contributed by atoms with Crippen molar-refractivity contribution in [1.82, 2.24) is 4.90 Å². The Bertz CT molecular complexity index is 335. The predicted molar refractivity (Wildman–Crippen MR) is 99.2 cm³/mol. The summed E-state index contributed by atoms with van der Waals surface area (Å²) in [6.07, 6.45) is 6.47. The molecule has 2 aliphatic heterocycles. The second-order valence-corrected chi connectivity index (χ2v) is 7.31. The van der Waals surface area contributed by atoms with Crippen molar-refractivity contribution < 1.29 is 4.74 Å². The molecule has 2 saturated heterocycles. The lowest BCUT2D eigenvalue weighted by Crippen LogP contribution is -2.43. The molecule has 0 saturated carbocycles. The molecule has 2 unspecified atom stereocenters. The van der Waals surface area contributed by atoms with Gasteiger partial charge in [0.25, 0.3) is 0 Å². The van der Waals surface area contributed by atoms with Crippen molar-refractivity contribution in [3.8, 4) is 0 Å². The van der Waals surface area contributed by atoms with Crippen LogP contribution < -0.4 is 5.73 Å². The Morgan fingerprint density at radius 3 is 2.48 bits per heavy atom. The molecule has 2 rings (SSSR count). The maximum atomic E-state index is 6.16. The van der Waals surface area contributed by atoms with E-state index in [0.717, 1.165) is 38.6 Å². The molecule has 5 heteroatoms. The highest BCUT2D eigenvalue weighted by Gasteiger charge is 2.35. The van der Waals surface area contributed by atoms with E-state index >= 15 is 0 Å². The van der Waals surface area contributed by atoms with Crippen LogP contribution in [-0.4, -0.2) is 43.2 Å². The normalized spacial score (nSPS) is 28.1. The first-order valence-electron chi connectivity index (χ1n) is 8.15. The van der Waals surface area contributed by atoms with E-state index in [1.807, 2.05) is 0 Å². The van der Waals surface area contributed by atoms with Crippen LogP contribution in [0.1, 0.15) is 52.9 Å². The third-order valence-electron chi connectivity index (χ3n) is 4.47. The second kappa shape index (κ2) is 8.56. The molecule has 2 atom stereocenters. The van der Waals surface area contributed by atoms with E-state index in [1.54, 1.807) is 0 Å². The predicted octanol–water partition coefficient (Wildman–Crippen LogP) is 3.25. The smallest absolute Gasteiger partial charge is 0.191 e. The number of ether oxygens (including phenoxy) is 1. The van der Waals surface area contributed by atoms with Crippen LogP contribution in [0.25, 0.3) is 0 Å². The number of piperidine rings is 1. The molecule has 0 amide bonds. The van der Waals surface area contributed by atoms with E-state index in [0.29, 0.717) is 12.0 Å². The molecule has 21 heavy (non-hydrogen) atoms. The van der Waals surface area contributed by atoms with Gasteiger partial charge in [-0.25, -0.2) is 0 Å². The van der Waals surface area contributed by atoms with Crippen LogP contribution in [-0.2, 0) is 4.74 Å². The summed E-state index contributed by atoms with van der Waals surface area (Å²) >= 11 is 0. The Morgan fingerprint density at radius 2 is 1.86 bits per heavy atom. The first-order chi connectivity index (χ1) is 9.48. The van der Waals surface area contributed by atoms with Gasteiger partial charge in [0.1, 0.15) is 0 Å². The fourth-order valence-electron chi connectivity index (χ4n) is 3.42. The minimum Gasteiger partial charge on any atom is -0.377 e. The number of rotatable bonds is 2. The summed E-state index contributed by atoms with van der Waals surface area (Å²) < 4.78 is 6.01. The summed E-state index contributed by atoms with van der Waals surface area (Å²) in [5.41, 5.74) is 6.34. The van der Waals surface area contributed by atoms with Gasteiger partial charge < -0.3 is 15.4 Å². The molecule has 2 heterocycles. The Hall–Kier alpha value is -0.0400. The number of guanidine groups is 1. The Kier molecular flexibility index (Phi) is 7.74. The van der Waals surface area contributed by atoms with Gasteiger partial charge in [-0.15, -0.1) is 24.0 Å². The van der Waals surface area contributed by atoms with Crippen molar-refractivity contribution in [3.63, 3.8) is 0 Å². The number of aliphatic imine (C=N–C) groups is 1. The molecule has 0 spiro atoms. The molecule has 2 aliphatic rings. The summed E-state index contributed by atoms with van der Waals surface area (Å²) in [4.78, 5) is 6.91. The first-order valence-corrected chi connectivity index (χ1v) is 8.15. The molecule has 124 valence electrons. The number of nitrogens with zero attached hydrogens (tertiary/aromatic N) is 2. The third kappa shape index (κ3) is 5.58. The lowest BCUT2D eigenvalue weighted by Gasteiger charge is -2.39. The fourth-order valence-corrected chi connectivity index (χ4v) is 3.42. The SMILES string of the molecule is CC(C)(C)C1OCCCC1CN=C(N)N1CCCCC1.I. The van der Waals surface area contributed by atoms with Crippen LogP contribution in [0, 0.1) is 11.3 Å². The van der Waals surface area contributed by atoms with Crippen molar-refractivity contribution >= 4 is 29.9 Å². The third-order valence-corrected chi connectivity index (χ3v) is 4.47. The van der Waals surface area contributed by atoms with Gasteiger partial charge in [-0.1, -0.05) is 20.8 Å². The van der Waals surface area contributed by atoms with E-state index in [4.69, 9.17) is 10.5 Å².